The summed E-state index contributed by atoms with van der Waals surface area (Å²) in [6.07, 6.45) is 9.19. The van der Waals surface area contributed by atoms with Crippen molar-refractivity contribution >= 4 is 29.6 Å². The maximum absolute atomic E-state index is 13.3. The van der Waals surface area contributed by atoms with E-state index in [0.29, 0.717) is 17.7 Å². The summed E-state index contributed by atoms with van der Waals surface area (Å²) in [6.45, 7) is 4.51. The average molecular weight is 535 g/mol. The minimum atomic E-state index is -5.17. The number of ketones is 1. The number of carbonyl (C=O) groups excluding carboxylic acids is 4. The van der Waals surface area contributed by atoms with Crippen LogP contribution in [0.15, 0.2) is 48.2 Å². The molecule has 0 radical (unpaired) electrons. The van der Waals surface area contributed by atoms with Crippen LogP contribution in [-0.2, 0) is 32.0 Å². The van der Waals surface area contributed by atoms with E-state index < -0.39 is 42.4 Å². The maximum Gasteiger partial charge on any atom is 0.452 e. The van der Waals surface area contributed by atoms with Gasteiger partial charge in [0, 0.05) is 31.2 Å². The fraction of sp³-hybridized carbons (Fsp3) is 0.407. The first-order valence-electron chi connectivity index (χ1n) is 12.3. The van der Waals surface area contributed by atoms with Crippen molar-refractivity contribution in [1.29, 1.82) is 0 Å². The van der Waals surface area contributed by atoms with Gasteiger partial charge in [0.05, 0.1) is 6.54 Å². The van der Waals surface area contributed by atoms with Gasteiger partial charge in [-0.3, -0.25) is 19.2 Å². The van der Waals surface area contributed by atoms with Crippen LogP contribution in [0, 0.1) is 0 Å². The number of alkyl halides is 3. The Kier molecular flexibility index (Phi) is 11.3. The fourth-order valence-corrected chi connectivity index (χ4v) is 3.90. The lowest BCUT2D eigenvalue weighted by molar-refractivity contribution is -0.173. The number of aromatic amines is 1. The van der Waals surface area contributed by atoms with Crippen LogP contribution in [0.25, 0.3) is 6.08 Å². The number of amides is 3. The van der Waals surface area contributed by atoms with Gasteiger partial charge in [0.25, 0.3) is 5.78 Å². The molecule has 4 N–H and O–H groups in total. The van der Waals surface area contributed by atoms with Crippen molar-refractivity contribution < 1.29 is 32.3 Å². The Balaban J connectivity index is 2.12. The molecule has 8 nitrogen and oxygen atoms in total. The van der Waals surface area contributed by atoms with Gasteiger partial charge in [-0.05, 0) is 37.5 Å². The fourth-order valence-electron chi connectivity index (χ4n) is 3.90. The summed E-state index contributed by atoms with van der Waals surface area (Å²) in [5.41, 5.74) is 2.67. The van der Waals surface area contributed by atoms with Crippen LogP contribution >= 0.6 is 0 Å². The van der Waals surface area contributed by atoms with Crippen molar-refractivity contribution in [2.24, 2.45) is 0 Å². The molecule has 1 heterocycles. The Hall–Kier alpha value is -3.89. The molecule has 3 amide bonds. The number of halogens is 3. The van der Waals surface area contributed by atoms with E-state index in [1.807, 2.05) is 6.08 Å². The number of allylic oxidation sites excluding steroid dienone is 6. The predicted octanol–water partition coefficient (Wildman–Crippen LogP) is 3.22. The molecule has 0 aliphatic heterocycles. The highest BCUT2D eigenvalue weighted by Gasteiger charge is 2.44. The zero-order valence-corrected chi connectivity index (χ0v) is 21.6. The molecule has 2 rings (SSSR count). The lowest BCUT2D eigenvalue weighted by Gasteiger charge is -2.21. The summed E-state index contributed by atoms with van der Waals surface area (Å²) >= 11 is 0. The van der Waals surface area contributed by atoms with Gasteiger partial charge in [-0.25, -0.2) is 0 Å². The molecule has 1 aromatic rings. The molecular weight excluding hydrogens is 501 g/mol. The number of aromatic nitrogens is 1. The highest BCUT2D eigenvalue weighted by molar-refractivity contribution is 5.95. The minimum Gasteiger partial charge on any atom is -0.361 e. The highest BCUT2D eigenvalue weighted by Crippen LogP contribution is 2.24. The molecule has 38 heavy (non-hydrogen) atoms. The average Bonchev–Trinajstić information content (AvgIpc) is 3.09. The van der Waals surface area contributed by atoms with Crippen LogP contribution in [0.1, 0.15) is 50.4 Å². The second-order valence-electron chi connectivity index (χ2n) is 8.64. The van der Waals surface area contributed by atoms with E-state index in [1.54, 1.807) is 57.2 Å². The van der Waals surface area contributed by atoms with Crippen molar-refractivity contribution in [2.45, 2.75) is 64.7 Å². The van der Waals surface area contributed by atoms with E-state index in [4.69, 9.17) is 0 Å². The third-order valence-electron chi connectivity index (χ3n) is 5.89. The topological polar surface area (TPSA) is 120 Å². The summed E-state index contributed by atoms with van der Waals surface area (Å²) in [4.78, 5) is 52.4. The van der Waals surface area contributed by atoms with Crippen LogP contribution in [0.2, 0.25) is 0 Å². The van der Waals surface area contributed by atoms with E-state index in [9.17, 15) is 32.3 Å². The van der Waals surface area contributed by atoms with Gasteiger partial charge in [0.15, 0.2) is 0 Å². The number of carbonyl (C=O) groups is 4. The zero-order valence-electron chi connectivity index (χ0n) is 21.6. The predicted molar refractivity (Wildman–Crippen MR) is 138 cm³/mol. The Morgan fingerprint density at radius 1 is 1.08 bits per heavy atom. The lowest BCUT2D eigenvalue weighted by Crippen LogP contribution is -2.52. The largest absolute Gasteiger partial charge is 0.452 e. The Morgan fingerprint density at radius 2 is 1.79 bits per heavy atom. The van der Waals surface area contributed by atoms with E-state index in [2.05, 4.69) is 20.9 Å². The molecule has 0 bridgehead atoms. The summed E-state index contributed by atoms with van der Waals surface area (Å²) in [5.74, 6) is -4.12. The summed E-state index contributed by atoms with van der Waals surface area (Å²) in [7, 11) is 0. The van der Waals surface area contributed by atoms with E-state index in [-0.39, 0.29) is 25.2 Å². The molecule has 0 spiro atoms. The molecule has 0 saturated carbocycles. The van der Waals surface area contributed by atoms with Gasteiger partial charge < -0.3 is 20.9 Å². The van der Waals surface area contributed by atoms with Crippen molar-refractivity contribution in [2.75, 3.05) is 6.54 Å². The molecule has 0 aromatic carbocycles. The number of hydrogen-bond acceptors (Lipinski definition) is 4. The quantitative estimate of drug-likeness (QED) is 0.308. The number of hydrogen-bond donors (Lipinski definition) is 4. The number of rotatable bonds is 12. The van der Waals surface area contributed by atoms with Crippen molar-refractivity contribution in [3.8, 4) is 0 Å². The summed E-state index contributed by atoms with van der Waals surface area (Å²) < 4.78 is 40.0. The molecule has 1 aliphatic rings. The molecule has 11 heteroatoms. The van der Waals surface area contributed by atoms with Gasteiger partial charge in [-0.2, -0.15) is 13.2 Å². The van der Waals surface area contributed by atoms with Gasteiger partial charge >= 0.3 is 6.18 Å². The van der Waals surface area contributed by atoms with Crippen LogP contribution in [-0.4, -0.2) is 53.3 Å². The molecule has 1 aromatic heterocycles. The van der Waals surface area contributed by atoms with E-state index >= 15 is 0 Å². The second kappa shape index (κ2) is 14.2. The van der Waals surface area contributed by atoms with Gasteiger partial charge in [-0.1, -0.05) is 49.0 Å². The third-order valence-corrected chi connectivity index (χ3v) is 5.89. The molecular formula is C27H33F3N4O4. The first-order valence-corrected chi connectivity index (χ1v) is 12.3. The maximum atomic E-state index is 13.3. The number of nitrogens with one attached hydrogen (secondary N) is 4. The monoisotopic (exact) mass is 534 g/mol. The Morgan fingerprint density at radius 3 is 2.42 bits per heavy atom. The molecule has 0 fully saturated rings. The van der Waals surface area contributed by atoms with Crippen molar-refractivity contribution in [3.05, 3.63) is 65.0 Å². The van der Waals surface area contributed by atoms with Crippen LogP contribution in [0.5, 0.6) is 0 Å². The van der Waals surface area contributed by atoms with Crippen LogP contribution in [0.4, 0.5) is 13.2 Å². The Bertz CT molecular complexity index is 1150. The van der Waals surface area contributed by atoms with E-state index in [0.717, 1.165) is 11.1 Å². The SMILES string of the molecule is C/C=C\C(=C/C)CC(NC(=O)CC)C(=O)NCC(=O)NC(Cc1c[nH]c2c1CC=CC=C2)C(=O)C(F)(F)F. The van der Waals surface area contributed by atoms with Crippen molar-refractivity contribution in [1.82, 2.24) is 20.9 Å². The standard InChI is InChI=1S/C27H33F3N4O4/c1-4-10-17(5-2)13-22(34-23(35)6-3)26(38)32-16-24(36)33-21(25(37)27(28,29)30)14-18-15-31-20-12-9-7-8-11-19(18)20/h4-5,7-10,12,15,21-22,31H,6,11,13-14,16H2,1-3H3,(H,32,38)(H,33,36)(H,34,35)/b10-4-,17-5+. The number of Topliss-reactive ketones (excluding diaryl/α,β-unsaturated/α-hetero) is 1. The minimum absolute atomic E-state index is 0.134. The molecule has 206 valence electrons. The second-order valence-corrected chi connectivity index (χ2v) is 8.64. The van der Waals surface area contributed by atoms with Crippen LogP contribution in [0.3, 0.4) is 0 Å². The lowest BCUT2D eigenvalue weighted by atomic mass is 9.98. The summed E-state index contributed by atoms with van der Waals surface area (Å²) in [5, 5.41) is 7.05. The number of fused-ring (bicyclic) bond motifs is 1. The molecule has 2 unspecified atom stereocenters. The van der Waals surface area contributed by atoms with Gasteiger partial charge in [-0.15, -0.1) is 0 Å². The first kappa shape index (κ1) is 30.3. The first-order chi connectivity index (χ1) is 18.0. The third kappa shape index (κ3) is 8.89. The van der Waals surface area contributed by atoms with Gasteiger partial charge in [0.1, 0.15) is 12.1 Å². The van der Waals surface area contributed by atoms with Crippen LogP contribution < -0.4 is 16.0 Å². The normalized spacial score (nSPS) is 14.9. The van der Waals surface area contributed by atoms with E-state index in [1.165, 1.54) is 6.20 Å². The summed E-state index contributed by atoms with van der Waals surface area (Å²) in [6, 6.07) is -2.88. The highest BCUT2D eigenvalue weighted by atomic mass is 19.4. The van der Waals surface area contributed by atoms with Gasteiger partial charge in [0.2, 0.25) is 17.7 Å². The number of H-pyrrole nitrogens is 1. The molecule has 0 saturated heterocycles. The van der Waals surface area contributed by atoms with Crippen molar-refractivity contribution in [3.63, 3.8) is 0 Å². The molecule has 2 atom stereocenters. The Labute approximate surface area is 219 Å². The molecule has 1 aliphatic carbocycles. The zero-order chi connectivity index (χ0) is 28.3. The smallest absolute Gasteiger partial charge is 0.361 e.